The molecule has 5 heteroatoms. The first kappa shape index (κ1) is 25.8. The second-order valence-corrected chi connectivity index (χ2v) is 9.43. The fraction of sp³-hybridized carbons (Fsp3) is 0.333. The molecule has 0 aliphatic rings. The highest BCUT2D eigenvalue weighted by Gasteiger charge is 2.06. The first-order chi connectivity index (χ1) is 15.4. The van der Waals surface area contributed by atoms with Crippen LogP contribution < -0.4 is 4.90 Å². The minimum absolute atomic E-state index is 0.178. The van der Waals surface area contributed by atoms with E-state index in [9.17, 15) is 13.0 Å². The SMILES string of the molecule is CC[NH+](CCCc1ccccc1)CCCc1ccccc1.Cc1ccc(S(=O)(=O)[O-])cc1. The van der Waals surface area contributed by atoms with Crippen LogP contribution in [0.15, 0.2) is 89.8 Å². The van der Waals surface area contributed by atoms with Gasteiger partial charge in [-0.05, 0) is 49.9 Å². The quantitative estimate of drug-likeness (QED) is 0.471. The van der Waals surface area contributed by atoms with Gasteiger partial charge in [-0.2, -0.15) is 0 Å². The molecule has 4 nitrogen and oxygen atoms in total. The predicted octanol–water partition coefficient (Wildman–Crippen LogP) is 4.06. The Morgan fingerprint density at radius 3 is 1.53 bits per heavy atom. The number of aryl methyl sites for hydroxylation is 3. The van der Waals surface area contributed by atoms with Gasteiger partial charge in [0.25, 0.3) is 0 Å². The van der Waals surface area contributed by atoms with Crippen LogP contribution in [-0.2, 0) is 23.0 Å². The van der Waals surface area contributed by atoms with Gasteiger partial charge < -0.3 is 9.45 Å². The molecule has 0 spiro atoms. The van der Waals surface area contributed by atoms with E-state index in [4.69, 9.17) is 0 Å². The molecule has 0 atom stereocenters. The number of benzene rings is 3. The molecule has 0 aromatic heterocycles. The van der Waals surface area contributed by atoms with Crippen molar-refractivity contribution >= 4 is 10.1 Å². The van der Waals surface area contributed by atoms with Gasteiger partial charge in [-0.15, -0.1) is 0 Å². The van der Waals surface area contributed by atoms with Gasteiger partial charge in [0, 0.05) is 12.8 Å². The van der Waals surface area contributed by atoms with Gasteiger partial charge in [-0.1, -0.05) is 78.4 Å². The van der Waals surface area contributed by atoms with Crippen molar-refractivity contribution in [3.05, 3.63) is 102 Å². The number of nitrogens with one attached hydrogen (secondary N) is 1. The van der Waals surface area contributed by atoms with E-state index in [0.29, 0.717) is 0 Å². The normalized spacial score (nSPS) is 11.1. The third-order valence-electron chi connectivity index (χ3n) is 5.49. The van der Waals surface area contributed by atoms with E-state index in [0.717, 1.165) is 5.56 Å². The standard InChI is InChI=1S/C20H27N.C7H8O3S/c1-2-21(17-9-15-19-11-5-3-6-12-19)18-10-16-20-13-7-4-8-14-20;1-6-2-4-7(5-3-6)11(8,9)10/h3-8,11-14H,2,9-10,15-18H2,1H3;2-5H,1H3,(H,8,9,10). The molecule has 3 rings (SSSR count). The lowest BCUT2D eigenvalue weighted by Gasteiger charge is -2.17. The molecule has 0 unspecified atom stereocenters. The monoisotopic (exact) mass is 453 g/mol. The molecule has 0 aliphatic carbocycles. The van der Waals surface area contributed by atoms with Gasteiger partial charge in [0.05, 0.1) is 24.5 Å². The van der Waals surface area contributed by atoms with Gasteiger partial charge in [-0.25, -0.2) is 8.42 Å². The molecule has 0 saturated heterocycles. The van der Waals surface area contributed by atoms with Crippen LogP contribution in [0.5, 0.6) is 0 Å². The van der Waals surface area contributed by atoms with Crippen LogP contribution >= 0.6 is 0 Å². The Balaban J connectivity index is 0.000000278. The van der Waals surface area contributed by atoms with Crippen molar-refractivity contribution in [1.82, 2.24) is 0 Å². The van der Waals surface area contributed by atoms with Crippen LogP contribution in [-0.4, -0.2) is 32.6 Å². The first-order valence-corrected chi connectivity index (χ1v) is 12.7. The lowest BCUT2D eigenvalue weighted by molar-refractivity contribution is -0.898. The molecule has 3 aromatic rings. The lowest BCUT2D eigenvalue weighted by Crippen LogP contribution is -3.11. The zero-order valence-electron chi connectivity index (χ0n) is 19.2. The summed E-state index contributed by atoms with van der Waals surface area (Å²) < 4.78 is 31.2. The summed E-state index contributed by atoms with van der Waals surface area (Å²) in [6.45, 7) is 7.95. The van der Waals surface area contributed by atoms with Gasteiger partial charge in [0.15, 0.2) is 0 Å². The minimum Gasteiger partial charge on any atom is -0.744 e. The molecule has 0 heterocycles. The third-order valence-corrected chi connectivity index (χ3v) is 6.34. The highest BCUT2D eigenvalue weighted by atomic mass is 32.2. The summed E-state index contributed by atoms with van der Waals surface area (Å²) in [6.07, 6.45) is 5.00. The molecule has 0 amide bonds. The summed E-state index contributed by atoms with van der Waals surface area (Å²) in [5, 5.41) is 0. The number of rotatable bonds is 10. The smallest absolute Gasteiger partial charge is 0.124 e. The van der Waals surface area contributed by atoms with Crippen molar-refractivity contribution in [2.45, 2.75) is 44.4 Å². The summed E-state index contributed by atoms with van der Waals surface area (Å²) in [5.74, 6) is 0. The van der Waals surface area contributed by atoms with E-state index < -0.39 is 10.1 Å². The van der Waals surface area contributed by atoms with Crippen molar-refractivity contribution in [3.8, 4) is 0 Å². The van der Waals surface area contributed by atoms with Gasteiger partial charge in [-0.3, -0.25) is 0 Å². The molecule has 3 aromatic carbocycles. The zero-order chi connectivity index (χ0) is 23.2. The Morgan fingerprint density at radius 2 is 1.16 bits per heavy atom. The topological polar surface area (TPSA) is 61.6 Å². The second-order valence-electron chi connectivity index (χ2n) is 8.05. The molecule has 0 fully saturated rings. The summed E-state index contributed by atoms with van der Waals surface area (Å²) in [5.41, 5.74) is 3.87. The molecular weight excluding hydrogens is 418 g/mol. The Labute approximate surface area is 193 Å². The Kier molecular flexibility index (Phi) is 11.2. The molecule has 0 radical (unpaired) electrons. The van der Waals surface area contributed by atoms with Crippen LogP contribution in [0.2, 0.25) is 0 Å². The predicted molar refractivity (Wildman–Crippen MR) is 130 cm³/mol. The molecule has 0 saturated carbocycles. The molecule has 172 valence electrons. The maximum atomic E-state index is 10.4. The second kappa shape index (κ2) is 13.8. The molecule has 0 bridgehead atoms. The fourth-order valence-corrected chi connectivity index (χ4v) is 4.03. The summed E-state index contributed by atoms with van der Waals surface area (Å²) >= 11 is 0. The minimum atomic E-state index is -4.27. The summed E-state index contributed by atoms with van der Waals surface area (Å²) in [7, 11) is -4.27. The van der Waals surface area contributed by atoms with Crippen LogP contribution in [0.4, 0.5) is 0 Å². The van der Waals surface area contributed by atoms with E-state index in [-0.39, 0.29) is 4.90 Å². The van der Waals surface area contributed by atoms with Crippen molar-refractivity contribution in [2.24, 2.45) is 0 Å². The Morgan fingerprint density at radius 1 is 0.719 bits per heavy atom. The van der Waals surface area contributed by atoms with Gasteiger partial charge in [0.1, 0.15) is 10.1 Å². The molecule has 32 heavy (non-hydrogen) atoms. The van der Waals surface area contributed by atoms with Crippen LogP contribution in [0.1, 0.15) is 36.5 Å². The average Bonchev–Trinajstić information content (AvgIpc) is 2.79. The highest BCUT2D eigenvalue weighted by Crippen LogP contribution is 2.08. The summed E-state index contributed by atoms with van der Waals surface area (Å²) in [4.78, 5) is 1.56. The Bertz CT molecular complexity index is 943. The van der Waals surface area contributed by atoms with Gasteiger partial charge in [0.2, 0.25) is 0 Å². The third kappa shape index (κ3) is 10.2. The molecule has 1 N–H and O–H groups in total. The zero-order valence-corrected chi connectivity index (χ0v) is 20.0. The van der Waals surface area contributed by atoms with Crippen molar-refractivity contribution in [2.75, 3.05) is 19.6 Å². The fourth-order valence-electron chi connectivity index (χ4n) is 3.56. The van der Waals surface area contributed by atoms with Crippen LogP contribution in [0.25, 0.3) is 0 Å². The van der Waals surface area contributed by atoms with E-state index in [1.165, 1.54) is 68.6 Å². The molecular formula is C27H35NO3S. The van der Waals surface area contributed by atoms with Crippen LogP contribution in [0.3, 0.4) is 0 Å². The van der Waals surface area contributed by atoms with E-state index in [1.54, 1.807) is 17.0 Å². The number of hydrogen-bond acceptors (Lipinski definition) is 3. The van der Waals surface area contributed by atoms with E-state index in [1.807, 2.05) is 6.92 Å². The maximum absolute atomic E-state index is 10.4. The first-order valence-electron chi connectivity index (χ1n) is 11.3. The van der Waals surface area contributed by atoms with Crippen molar-refractivity contribution in [3.63, 3.8) is 0 Å². The number of hydrogen-bond donors (Lipinski definition) is 1. The van der Waals surface area contributed by atoms with E-state index >= 15 is 0 Å². The molecule has 0 aliphatic heterocycles. The average molecular weight is 454 g/mol. The maximum Gasteiger partial charge on any atom is 0.124 e. The van der Waals surface area contributed by atoms with Crippen LogP contribution in [0, 0.1) is 6.92 Å². The Hall–Kier alpha value is -2.47. The largest absolute Gasteiger partial charge is 0.744 e. The highest BCUT2D eigenvalue weighted by molar-refractivity contribution is 7.85. The van der Waals surface area contributed by atoms with Crippen molar-refractivity contribution < 1.29 is 17.9 Å². The number of quaternary nitrogens is 1. The van der Waals surface area contributed by atoms with Crippen molar-refractivity contribution in [1.29, 1.82) is 0 Å². The van der Waals surface area contributed by atoms with E-state index in [2.05, 4.69) is 67.6 Å². The summed E-state index contributed by atoms with van der Waals surface area (Å²) in [6, 6.07) is 27.5. The lowest BCUT2D eigenvalue weighted by atomic mass is 10.1. The van der Waals surface area contributed by atoms with Gasteiger partial charge >= 0.3 is 0 Å².